The lowest BCUT2D eigenvalue weighted by Crippen LogP contribution is -2.47. The molecular weight excluding hydrogens is 296 g/mol. The van der Waals surface area contributed by atoms with Crippen LogP contribution in [0.15, 0.2) is 36.4 Å². The first-order chi connectivity index (χ1) is 11.8. The maximum atomic E-state index is 5.52. The summed E-state index contributed by atoms with van der Waals surface area (Å²) in [4.78, 5) is 5.29. The lowest BCUT2D eigenvalue weighted by atomic mass is 9.93. The van der Waals surface area contributed by atoms with E-state index in [1.54, 1.807) is 0 Å². The van der Waals surface area contributed by atoms with Crippen molar-refractivity contribution in [2.75, 3.05) is 39.3 Å². The Hall–Kier alpha value is -1.32. The van der Waals surface area contributed by atoms with Gasteiger partial charge in [0.25, 0.3) is 0 Å². The van der Waals surface area contributed by atoms with Crippen molar-refractivity contribution in [3.63, 3.8) is 0 Å². The third-order valence-electron chi connectivity index (χ3n) is 6.01. The minimum absolute atomic E-state index is 0.736. The molecule has 0 N–H and O–H groups in total. The molecule has 2 fully saturated rings. The van der Waals surface area contributed by atoms with E-state index >= 15 is 0 Å². The van der Waals surface area contributed by atoms with Gasteiger partial charge in [-0.05, 0) is 55.2 Å². The van der Waals surface area contributed by atoms with Crippen molar-refractivity contribution in [3.8, 4) is 5.75 Å². The number of hydrogen-bond donors (Lipinski definition) is 0. The number of allylic oxidation sites excluding steroid dienone is 2. The Kier molecular flexibility index (Phi) is 4.91. The quantitative estimate of drug-likeness (QED) is 0.745. The highest BCUT2D eigenvalue weighted by Crippen LogP contribution is 2.43. The van der Waals surface area contributed by atoms with Gasteiger partial charge in [-0.2, -0.15) is 0 Å². The van der Waals surface area contributed by atoms with Crippen LogP contribution in [0.4, 0.5) is 0 Å². The Bertz CT molecular complexity index is 560. The van der Waals surface area contributed by atoms with Gasteiger partial charge in [-0.15, -0.1) is 0 Å². The van der Waals surface area contributed by atoms with Crippen LogP contribution in [0.2, 0.25) is 0 Å². The molecule has 2 bridgehead atoms. The van der Waals surface area contributed by atoms with E-state index in [4.69, 9.17) is 4.74 Å². The molecule has 3 heteroatoms. The molecule has 24 heavy (non-hydrogen) atoms. The molecule has 0 aromatic heterocycles. The van der Waals surface area contributed by atoms with Crippen molar-refractivity contribution in [2.24, 2.45) is 17.8 Å². The Morgan fingerprint density at radius 1 is 0.958 bits per heavy atom. The van der Waals surface area contributed by atoms with Gasteiger partial charge < -0.3 is 9.64 Å². The lowest BCUT2D eigenvalue weighted by Gasteiger charge is -2.37. The van der Waals surface area contributed by atoms with Crippen molar-refractivity contribution in [1.82, 2.24) is 9.80 Å². The first-order valence-corrected chi connectivity index (χ1v) is 9.65. The summed E-state index contributed by atoms with van der Waals surface area (Å²) in [7, 11) is 0. The number of fused-ring (bicyclic) bond motifs is 2. The fourth-order valence-electron chi connectivity index (χ4n) is 4.68. The number of piperazine rings is 1. The van der Waals surface area contributed by atoms with Gasteiger partial charge in [0.05, 0.1) is 6.61 Å². The zero-order chi connectivity index (χ0) is 16.4. The predicted octanol–water partition coefficient (Wildman–Crippen LogP) is 3.42. The third-order valence-corrected chi connectivity index (χ3v) is 6.01. The van der Waals surface area contributed by atoms with Gasteiger partial charge in [0.2, 0.25) is 0 Å². The van der Waals surface area contributed by atoms with Crippen molar-refractivity contribution < 1.29 is 4.74 Å². The fraction of sp³-hybridized carbons (Fsp3) is 0.619. The minimum Gasteiger partial charge on any atom is -0.494 e. The van der Waals surface area contributed by atoms with Gasteiger partial charge in [0.15, 0.2) is 0 Å². The van der Waals surface area contributed by atoms with E-state index in [0.717, 1.165) is 36.7 Å². The minimum atomic E-state index is 0.736. The van der Waals surface area contributed by atoms with Gasteiger partial charge in [-0.3, -0.25) is 4.90 Å². The molecule has 1 aliphatic heterocycles. The molecule has 0 radical (unpaired) electrons. The maximum Gasteiger partial charge on any atom is 0.119 e. The first kappa shape index (κ1) is 16.2. The van der Waals surface area contributed by atoms with E-state index in [2.05, 4.69) is 46.2 Å². The van der Waals surface area contributed by atoms with Crippen LogP contribution >= 0.6 is 0 Å². The summed E-state index contributed by atoms with van der Waals surface area (Å²) < 4.78 is 5.52. The molecular formula is C21H30N2O. The Labute approximate surface area is 146 Å². The van der Waals surface area contributed by atoms with Crippen LogP contribution in [-0.4, -0.2) is 49.1 Å². The summed E-state index contributed by atoms with van der Waals surface area (Å²) in [5.74, 6) is 3.70. The summed E-state index contributed by atoms with van der Waals surface area (Å²) in [5, 5.41) is 0. The average molecular weight is 326 g/mol. The second kappa shape index (κ2) is 7.28. The molecule has 4 rings (SSSR count). The van der Waals surface area contributed by atoms with Crippen molar-refractivity contribution in [1.29, 1.82) is 0 Å². The van der Waals surface area contributed by atoms with Crippen LogP contribution in [0.3, 0.4) is 0 Å². The standard InChI is InChI=1S/C21H30N2O/c1-2-24-21-7-4-17(5-8-21)15-22-9-11-23(12-10-22)16-20-14-18-3-6-19(20)13-18/h3-8,18-20H,2,9-16H2,1H3/t18-,19-,20+/m1/s1. The molecule has 0 spiro atoms. The zero-order valence-corrected chi connectivity index (χ0v) is 14.9. The average Bonchev–Trinajstić information content (AvgIpc) is 3.22. The maximum absolute atomic E-state index is 5.52. The molecule has 1 heterocycles. The van der Waals surface area contributed by atoms with E-state index in [-0.39, 0.29) is 0 Å². The normalized spacial score (nSPS) is 30.1. The topological polar surface area (TPSA) is 15.7 Å². The highest BCUT2D eigenvalue weighted by molar-refractivity contribution is 5.27. The van der Waals surface area contributed by atoms with Crippen LogP contribution in [0.1, 0.15) is 25.3 Å². The lowest BCUT2D eigenvalue weighted by molar-refractivity contribution is 0.108. The van der Waals surface area contributed by atoms with Crippen molar-refractivity contribution >= 4 is 0 Å². The second-order valence-electron chi connectivity index (χ2n) is 7.69. The predicted molar refractivity (Wildman–Crippen MR) is 98.2 cm³/mol. The van der Waals surface area contributed by atoms with E-state index < -0.39 is 0 Å². The Morgan fingerprint density at radius 3 is 2.33 bits per heavy atom. The summed E-state index contributed by atoms with van der Waals surface area (Å²) in [6.45, 7) is 10.0. The molecule has 2 aliphatic carbocycles. The monoisotopic (exact) mass is 326 g/mol. The smallest absolute Gasteiger partial charge is 0.119 e. The first-order valence-electron chi connectivity index (χ1n) is 9.65. The summed E-state index contributed by atoms with van der Waals surface area (Å²) in [6.07, 6.45) is 7.81. The molecule has 1 saturated heterocycles. The molecule has 0 amide bonds. The molecule has 1 aromatic rings. The number of nitrogens with zero attached hydrogens (tertiary/aromatic N) is 2. The van der Waals surface area contributed by atoms with Gasteiger partial charge in [0.1, 0.15) is 5.75 Å². The second-order valence-corrected chi connectivity index (χ2v) is 7.69. The Balaban J connectivity index is 1.22. The highest BCUT2D eigenvalue weighted by Gasteiger charge is 2.36. The van der Waals surface area contributed by atoms with Gasteiger partial charge in [0, 0.05) is 39.3 Å². The van der Waals surface area contributed by atoms with Crippen LogP contribution in [0.5, 0.6) is 5.75 Å². The highest BCUT2D eigenvalue weighted by atomic mass is 16.5. The van der Waals surface area contributed by atoms with E-state index in [1.165, 1.54) is 51.1 Å². The van der Waals surface area contributed by atoms with E-state index in [1.807, 2.05) is 6.92 Å². The summed E-state index contributed by atoms with van der Waals surface area (Å²) in [6, 6.07) is 8.60. The van der Waals surface area contributed by atoms with E-state index in [9.17, 15) is 0 Å². The van der Waals surface area contributed by atoms with Crippen LogP contribution in [0.25, 0.3) is 0 Å². The molecule has 1 aromatic carbocycles. The summed E-state index contributed by atoms with van der Waals surface area (Å²) in [5.41, 5.74) is 1.39. The molecule has 3 nitrogen and oxygen atoms in total. The van der Waals surface area contributed by atoms with Gasteiger partial charge >= 0.3 is 0 Å². The van der Waals surface area contributed by atoms with Crippen molar-refractivity contribution in [3.05, 3.63) is 42.0 Å². The number of ether oxygens (including phenoxy) is 1. The number of benzene rings is 1. The molecule has 0 unspecified atom stereocenters. The van der Waals surface area contributed by atoms with E-state index in [0.29, 0.717) is 0 Å². The third kappa shape index (κ3) is 3.68. The van der Waals surface area contributed by atoms with Gasteiger partial charge in [-0.1, -0.05) is 24.3 Å². The van der Waals surface area contributed by atoms with Crippen LogP contribution in [0, 0.1) is 17.8 Å². The number of hydrogen-bond acceptors (Lipinski definition) is 3. The van der Waals surface area contributed by atoms with Crippen LogP contribution < -0.4 is 4.74 Å². The molecule has 130 valence electrons. The van der Waals surface area contributed by atoms with Crippen molar-refractivity contribution in [2.45, 2.75) is 26.3 Å². The summed E-state index contributed by atoms with van der Waals surface area (Å²) >= 11 is 0. The Morgan fingerprint density at radius 2 is 1.71 bits per heavy atom. The van der Waals surface area contributed by atoms with Gasteiger partial charge in [-0.25, -0.2) is 0 Å². The SMILES string of the molecule is CCOc1ccc(CN2CCN(C[C@@H]3C[C@@H]4C=C[C@@H]3C4)CC2)cc1. The number of rotatable bonds is 6. The largest absolute Gasteiger partial charge is 0.494 e. The molecule has 1 saturated carbocycles. The van der Waals surface area contributed by atoms with Crippen LogP contribution in [-0.2, 0) is 6.54 Å². The molecule has 3 aliphatic rings. The molecule has 3 atom stereocenters. The fourth-order valence-corrected chi connectivity index (χ4v) is 4.68. The zero-order valence-electron chi connectivity index (χ0n) is 14.9.